The van der Waals surface area contributed by atoms with Crippen LogP contribution in [0, 0.1) is 0 Å². The van der Waals surface area contributed by atoms with Crippen molar-refractivity contribution in [1.82, 2.24) is 9.97 Å². The second-order valence-corrected chi connectivity index (χ2v) is 6.69. The molecule has 0 spiro atoms. The molecule has 0 atom stereocenters. The van der Waals surface area contributed by atoms with Crippen molar-refractivity contribution < 1.29 is 4.79 Å². The van der Waals surface area contributed by atoms with E-state index in [4.69, 9.17) is 0 Å². The summed E-state index contributed by atoms with van der Waals surface area (Å²) in [6, 6.07) is 29.6. The Balaban J connectivity index is 1.57. The third kappa shape index (κ3) is 4.55. The Hall–Kier alpha value is -3.79. The van der Waals surface area contributed by atoms with Gasteiger partial charge in [0.2, 0.25) is 0 Å². The first-order chi connectivity index (χ1) is 14.3. The molecule has 1 aromatic heterocycles. The highest BCUT2D eigenvalue weighted by atomic mass is 16.2. The first kappa shape index (κ1) is 18.6. The molecule has 0 unspecified atom stereocenters. The minimum absolute atomic E-state index is 0.105. The third-order valence-corrected chi connectivity index (χ3v) is 4.71. The van der Waals surface area contributed by atoms with E-state index in [0.717, 1.165) is 17.7 Å². The standard InChI is InChI=1S/C25H21N3O/c29-25(22-18-26-24(27-19-22)21-12-6-2-7-13-21)28(23-14-8-3-9-15-23)17-16-20-10-4-1-5-11-20/h1-15,18-19H,16-17H2. The highest BCUT2D eigenvalue weighted by molar-refractivity contribution is 6.05. The predicted octanol–water partition coefficient (Wildman–Crippen LogP) is 5.03. The molecule has 0 saturated heterocycles. The fourth-order valence-electron chi connectivity index (χ4n) is 3.17. The van der Waals surface area contributed by atoms with Crippen LogP contribution in [-0.4, -0.2) is 22.4 Å². The molecule has 0 saturated carbocycles. The van der Waals surface area contributed by atoms with Crippen LogP contribution in [0.25, 0.3) is 11.4 Å². The minimum Gasteiger partial charge on any atom is -0.308 e. The van der Waals surface area contributed by atoms with Crippen molar-refractivity contribution in [2.45, 2.75) is 6.42 Å². The molecule has 1 heterocycles. The van der Waals surface area contributed by atoms with Gasteiger partial charge in [0.1, 0.15) is 0 Å². The Morgan fingerprint density at radius 1 is 0.724 bits per heavy atom. The molecule has 0 N–H and O–H groups in total. The van der Waals surface area contributed by atoms with Gasteiger partial charge < -0.3 is 4.90 Å². The molecule has 4 nitrogen and oxygen atoms in total. The number of carbonyl (C=O) groups is 1. The molecule has 4 aromatic rings. The average Bonchev–Trinajstić information content (AvgIpc) is 2.81. The SMILES string of the molecule is O=C(c1cnc(-c2ccccc2)nc1)N(CCc1ccccc1)c1ccccc1. The summed E-state index contributed by atoms with van der Waals surface area (Å²) in [5.74, 6) is 0.504. The number of carbonyl (C=O) groups excluding carboxylic acids is 1. The van der Waals surface area contributed by atoms with E-state index in [-0.39, 0.29) is 5.91 Å². The van der Waals surface area contributed by atoms with Crippen LogP contribution < -0.4 is 4.90 Å². The van der Waals surface area contributed by atoms with Crippen LogP contribution in [0.5, 0.6) is 0 Å². The zero-order valence-electron chi connectivity index (χ0n) is 16.0. The number of anilines is 1. The summed E-state index contributed by atoms with van der Waals surface area (Å²) >= 11 is 0. The number of rotatable bonds is 6. The van der Waals surface area contributed by atoms with Gasteiger partial charge in [-0.25, -0.2) is 9.97 Å². The van der Waals surface area contributed by atoms with Gasteiger partial charge in [-0.1, -0.05) is 78.9 Å². The molecule has 0 aliphatic heterocycles. The van der Waals surface area contributed by atoms with E-state index in [1.807, 2.05) is 78.9 Å². The Labute approximate surface area is 170 Å². The number of amides is 1. The molecule has 4 heteroatoms. The van der Waals surface area contributed by atoms with Crippen molar-refractivity contribution in [3.63, 3.8) is 0 Å². The first-order valence-corrected chi connectivity index (χ1v) is 9.59. The zero-order chi connectivity index (χ0) is 19.9. The van der Waals surface area contributed by atoms with Gasteiger partial charge in [0.15, 0.2) is 5.82 Å². The van der Waals surface area contributed by atoms with Gasteiger partial charge in [-0.05, 0) is 24.1 Å². The number of hydrogen-bond donors (Lipinski definition) is 0. The molecule has 0 bridgehead atoms. The Bertz CT molecular complexity index is 1050. The van der Waals surface area contributed by atoms with Crippen LogP contribution in [0.3, 0.4) is 0 Å². The van der Waals surface area contributed by atoms with Crippen LogP contribution in [0.2, 0.25) is 0 Å². The molecule has 4 rings (SSSR count). The number of para-hydroxylation sites is 1. The third-order valence-electron chi connectivity index (χ3n) is 4.71. The van der Waals surface area contributed by atoms with E-state index in [9.17, 15) is 4.79 Å². The normalized spacial score (nSPS) is 10.5. The molecule has 0 radical (unpaired) electrons. The van der Waals surface area contributed by atoms with Gasteiger partial charge in [0.25, 0.3) is 5.91 Å². The number of aromatic nitrogens is 2. The van der Waals surface area contributed by atoms with Crippen molar-refractivity contribution >= 4 is 11.6 Å². The number of nitrogens with zero attached hydrogens (tertiary/aromatic N) is 3. The van der Waals surface area contributed by atoms with E-state index >= 15 is 0 Å². The molecule has 1 amide bonds. The molecule has 3 aromatic carbocycles. The van der Waals surface area contributed by atoms with Crippen molar-refractivity contribution in [2.24, 2.45) is 0 Å². The largest absolute Gasteiger partial charge is 0.308 e. The van der Waals surface area contributed by atoms with Crippen LogP contribution in [0.4, 0.5) is 5.69 Å². The highest BCUT2D eigenvalue weighted by Gasteiger charge is 2.18. The van der Waals surface area contributed by atoms with Gasteiger partial charge in [0, 0.05) is 30.2 Å². The molecule has 0 aliphatic rings. The van der Waals surface area contributed by atoms with Crippen LogP contribution in [-0.2, 0) is 6.42 Å². The average molecular weight is 379 g/mol. The second kappa shape index (κ2) is 8.93. The molecule has 142 valence electrons. The highest BCUT2D eigenvalue weighted by Crippen LogP contribution is 2.19. The minimum atomic E-state index is -0.105. The van der Waals surface area contributed by atoms with Gasteiger partial charge in [-0.2, -0.15) is 0 Å². The Morgan fingerprint density at radius 3 is 1.90 bits per heavy atom. The first-order valence-electron chi connectivity index (χ1n) is 9.59. The van der Waals surface area contributed by atoms with Crippen molar-refractivity contribution in [3.05, 3.63) is 115 Å². The van der Waals surface area contributed by atoms with Crippen LogP contribution in [0.15, 0.2) is 103 Å². The zero-order valence-corrected chi connectivity index (χ0v) is 16.0. The molecule has 0 fully saturated rings. The van der Waals surface area contributed by atoms with E-state index in [1.165, 1.54) is 5.56 Å². The quantitative estimate of drug-likeness (QED) is 0.472. The second-order valence-electron chi connectivity index (χ2n) is 6.69. The molecule has 29 heavy (non-hydrogen) atoms. The molecular formula is C25H21N3O. The predicted molar refractivity (Wildman–Crippen MR) is 116 cm³/mol. The van der Waals surface area contributed by atoms with Gasteiger partial charge in [0.05, 0.1) is 5.56 Å². The van der Waals surface area contributed by atoms with Gasteiger partial charge in [-0.3, -0.25) is 4.79 Å². The summed E-state index contributed by atoms with van der Waals surface area (Å²) in [7, 11) is 0. The number of benzene rings is 3. The van der Waals surface area contributed by atoms with Gasteiger partial charge >= 0.3 is 0 Å². The Morgan fingerprint density at radius 2 is 1.28 bits per heavy atom. The maximum absolute atomic E-state index is 13.3. The summed E-state index contributed by atoms with van der Waals surface area (Å²) in [5, 5.41) is 0. The Kier molecular flexibility index (Phi) is 5.72. The fraction of sp³-hybridized carbons (Fsp3) is 0.0800. The summed E-state index contributed by atoms with van der Waals surface area (Å²) in [6.07, 6.45) is 3.98. The number of hydrogen-bond acceptors (Lipinski definition) is 3. The summed E-state index contributed by atoms with van der Waals surface area (Å²) in [6.45, 7) is 0.577. The van der Waals surface area contributed by atoms with E-state index in [1.54, 1.807) is 17.3 Å². The van der Waals surface area contributed by atoms with Crippen molar-refractivity contribution in [3.8, 4) is 11.4 Å². The van der Waals surface area contributed by atoms with E-state index in [0.29, 0.717) is 17.9 Å². The van der Waals surface area contributed by atoms with Crippen molar-refractivity contribution in [2.75, 3.05) is 11.4 Å². The lowest BCUT2D eigenvalue weighted by Gasteiger charge is -2.23. The maximum Gasteiger partial charge on any atom is 0.261 e. The lowest BCUT2D eigenvalue weighted by Crippen LogP contribution is -2.33. The molecular weight excluding hydrogens is 358 g/mol. The van der Waals surface area contributed by atoms with Crippen molar-refractivity contribution in [1.29, 1.82) is 0 Å². The monoisotopic (exact) mass is 379 g/mol. The van der Waals surface area contributed by atoms with Crippen LogP contribution in [0.1, 0.15) is 15.9 Å². The fourth-order valence-corrected chi connectivity index (χ4v) is 3.17. The molecule has 0 aliphatic carbocycles. The van der Waals surface area contributed by atoms with E-state index < -0.39 is 0 Å². The summed E-state index contributed by atoms with van der Waals surface area (Å²) in [4.78, 5) is 23.9. The lowest BCUT2D eigenvalue weighted by atomic mass is 10.1. The van der Waals surface area contributed by atoms with E-state index in [2.05, 4.69) is 22.1 Å². The maximum atomic E-state index is 13.3. The van der Waals surface area contributed by atoms with Gasteiger partial charge in [-0.15, -0.1) is 0 Å². The topological polar surface area (TPSA) is 46.1 Å². The summed E-state index contributed by atoms with van der Waals surface area (Å²) in [5.41, 5.74) is 3.45. The van der Waals surface area contributed by atoms with Crippen LogP contribution >= 0.6 is 0 Å². The smallest absolute Gasteiger partial charge is 0.261 e. The summed E-state index contributed by atoms with van der Waals surface area (Å²) < 4.78 is 0. The lowest BCUT2D eigenvalue weighted by molar-refractivity contribution is 0.0986.